The molecule has 3 N–H and O–H groups in total. The molecule has 1 aromatic rings. The van der Waals surface area contributed by atoms with E-state index in [1.165, 1.54) is 13.8 Å². The summed E-state index contributed by atoms with van der Waals surface area (Å²) >= 11 is 0. The SMILES string of the molecule is CC(C)C(=O)c1c(O)c([C@H](C2=C(O)C(C)(C)C(=O)C(C)(C)C2=O)C(C)C)c2c3c1OC(C)(C)C[C@H]3[C@H]1C(C)(C)C(=O)C(C)(C)[C@@]1(O)O2. The Morgan fingerprint density at radius 1 is 0.809 bits per heavy atom. The Morgan fingerprint density at radius 3 is 1.87 bits per heavy atom. The number of Topliss-reactive ketones (excluding diaryl/α,β-unsaturated/α-hetero) is 4. The van der Waals surface area contributed by atoms with Crippen LogP contribution in [0.15, 0.2) is 11.3 Å². The van der Waals surface area contributed by atoms with E-state index in [1.807, 2.05) is 27.7 Å². The number of fused-ring (bicyclic) bond motifs is 2. The zero-order chi connectivity index (χ0) is 35.9. The van der Waals surface area contributed by atoms with Crippen molar-refractivity contribution in [2.75, 3.05) is 0 Å². The summed E-state index contributed by atoms with van der Waals surface area (Å²) in [6.45, 7) is 23.9. The summed E-state index contributed by atoms with van der Waals surface area (Å²) < 4.78 is 13.2. The summed E-state index contributed by atoms with van der Waals surface area (Å²) in [5, 5.41) is 36.8. The molecule has 258 valence electrons. The average molecular weight is 653 g/mol. The Kier molecular flexibility index (Phi) is 7.42. The highest BCUT2D eigenvalue weighted by Crippen LogP contribution is 2.70. The van der Waals surface area contributed by atoms with Gasteiger partial charge < -0.3 is 24.8 Å². The lowest BCUT2D eigenvalue weighted by atomic mass is 9.59. The normalized spacial score (nSPS) is 30.1. The number of ketones is 4. The van der Waals surface area contributed by atoms with E-state index in [0.717, 1.165) is 0 Å². The zero-order valence-corrected chi connectivity index (χ0v) is 30.4. The molecule has 0 radical (unpaired) electrons. The predicted molar refractivity (Wildman–Crippen MR) is 176 cm³/mol. The van der Waals surface area contributed by atoms with Crippen molar-refractivity contribution >= 4 is 23.1 Å². The minimum atomic E-state index is -2.04. The topological polar surface area (TPSA) is 147 Å². The fraction of sp³-hybridized carbons (Fsp3) is 0.684. The number of hydrogen-bond donors (Lipinski definition) is 3. The molecule has 2 aliphatic carbocycles. The van der Waals surface area contributed by atoms with Crippen LogP contribution in [0.1, 0.15) is 137 Å². The van der Waals surface area contributed by atoms with Gasteiger partial charge in [0.05, 0.1) is 16.2 Å². The molecule has 0 aromatic heterocycles. The lowest BCUT2D eigenvalue weighted by Gasteiger charge is -2.53. The van der Waals surface area contributed by atoms with Crippen molar-refractivity contribution in [3.8, 4) is 17.2 Å². The Balaban J connectivity index is 2.00. The van der Waals surface area contributed by atoms with E-state index in [1.54, 1.807) is 55.4 Å². The molecule has 1 fully saturated rings. The highest BCUT2D eigenvalue weighted by Gasteiger charge is 2.75. The highest BCUT2D eigenvalue weighted by molar-refractivity contribution is 6.19. The third-order valence-corrected chi connectivity index (χ3v) is 11.7. The Labute approximate surface area is 278 Å². The standard InChI is InChI=1S/C38H52O9/c1-16(2)19(22-29(41)35(9,10)31(43)36(11,12)30(22)42)21-25(40)23(24(39)17(3)4)27-20-18(15-33(5,6)46-27)28-34(7,8)32(44)37(13,14)38(28,45)47-26(20)21/h16-19,28,40-41,45H,15H2,1-14H3/t18-,19-,28+,38+/m1/s1. The van der Waals surface area contributed by atoms with Crippen LogP contribution in [0.4, 0.5) is 0 Å². The molecule has 0 amide bonds. The van der Waals surface area contributed by atoms with Crippen LogP contribution in [0.2, 0.25) is 0 Å². The second-order valence-corrected chi connectivity index (χ2v) is 17.7. The number of phenolic OH excluding ortho intramolecular Hbond substituents is 1. The zero-order valence-electron chi connectivity index (χ0n) is 30.4. The smallest absolute Gasteiger partial charge is 0.224 e. The second-order valence-electron chi connectivity index (χ2n) is 17.7. The maximum absolute atomic E-state index is 14.3. The van der Waals surface area contributed by atoms with E-state index in [9.17, 15) is 34.5 Å². The fourth-order valence-corrected chi connectivity index (χ4v) is 9.31. The number of benzene rings is 1. The summed E-state index contributed by atoms with van der Waals surface area (Å²) in [5.41, 5.74) is -5.83. The molecule has 9 nitrogen and oxygen atoms in total. The molecular formula is C38H52O9. The molecule has 2 heterocycles. The van der Waals surface area contributed by atoms with Gasteiger partial charge in [0.1, 0.15) is 34.2 Å². The molecule has 1 aromatic carbocycles. The fourth-order valence-electron chi connectivity index (χ4n) is 9.31. The number of ether oxygens (including phenoxy) is 2. The van der Waals surface area contributed by atoms with E-state index in [-0.39, 0.29) is 34.0 Å². The van der Waals surface area contributed by atoms with E-state index in [0.29, 0.717) is 12.0 Å². The van der Waals surface area contributed by atoms with Crippen LogP contribution in [0.25, 0.3) is 0 Å². The maximum atomic E-state index is 14.3. The second kappa shape index (κ2) is 9.93. The first-order chi connectivity index (χ1) is 21.1. The van der Waals surface area contributed by atoms with Gasteiger partial charge in [-0.1, -0.05) is 41.5 Å². The van der Waals surface area contributed by atoms with Gasteiger partial charge >= 0.3 is 0 Å². The molecule has 9 heteroatoms. The molecule has 0 bridgehead atoms. The van der Waals surface area contributed by atoms with Crippen molar-refractivity contribution in [1.82, 2.24) is 0 Å². The quantitative estimate of drug-likeness (QED) is 0.227. The molecule has 5 rings (SSSR count). The van der Waals surface area contributed by atoms with Crippen molar-refractivity contribution in [3.63, 3.8) is 0 Å². The van der Waals surface area contributed by atoms with Crippen LogP contribution >= 0.6 is 0 Å². The number of rotatable bonds is 5. The number of hydrogen-bond acceptors (Lipinski definition) is 9. The minimum Gasteiger partial charge on any atom is -0.511 e. The number of carbonyl (C=O) groups is 4. The number of carbonyl (C=O) groups excluding carboxylic acids is 4. The highest BCUT2D eigenvalue weighted by atomic mass is 16.6. The van der Waals surface area contributed by atoms with Crippen LogP contribution in [0.3, 0.4) is 0 Å². The van der Waals surface area contributed by atoms with Crippen molar-refractivity contribution in [3.05, 3.63) is 28.0 Å². The van der Waals surface area contributed by atoms with Crippen molar-refractivity contribution < 1.29 is 44.0 Å². The molecule has 1 saturated carbocycles. The van der Waals surface area contributed by atoms with Crippen LogP contribution in [-0.4, -0.2) is 49.8 Å². The Morgan fingerprint density at radius 2 is 1.36 bits per heavy atom. The number of aliphatic hydroxyl groups is 2. The van der Waals surface area contributed by atoms with Gasteiger partial charge in [0.15, 0.2) is 23.1 Å². The number of aliphatic hydroxyl groups excluding tert-OH is 1. The number of allylic oxidation sites excluding steroid dienone is 2. The van der Waals surface area contributed by atoms with Gasteiger partial charge in [-0.2, -0.15) is 0 Å². The third kappa shape index (κ3) is 4.29. The van der Waals surface area contributed by atoms with Gasteiger partial charge in [0.25, 0.3) is 0 Å². The van der Waals surface area contributed by atoms with Crippen LogP contribution in [0.5, 0.6) is 17.2 Å². The van der Waals surface area contributed by atoms with Gasteiger partial charge in [0.2, 0.25) is 5.79 Å². The lowest BCUT2D eigenvalue weighted by molar-refractivity contribution is -0.242. The van der Waals surface area contributed by atoms with Gasteiger partial charge in [-0.05, 0) is 67.7 Å². The first-order valence-corrected chi connectivity index (χ1v) is 16.8. The van der Waals surface area contributed by atoms with E-state index < -0.39 is 91.5 Å². The molecule has 4 atom stereocenters. The molecule has 0 unspecified atom stereocenters. The molecular weight excluding hydrogens is 600 g/mol. The van der Waals surface area contributed by atoms with Gasteiger partial charge in [-0.25, -0.2) is 0 Å². The van der Waals surface area contributed by atoms with Crippen molar-refractivity contribution in [2.24, 2.45) is 39.4 Å². The summed E-state index contributed by atoms with van der Waals surface area (Å²) in [6, 6.07) is 0. The first kappa shape index (κ1) is 35.1. The largest absolute Gasteiger partial charge is 0.511 e. The average Bonchev–Trinajstić information content (AvgIpc) is 3.03. The maximum Gasteiger partial charge on any atom is 0.224 e. The van der Waals surface area contributed by atoms with Gasteiger partial charge in [-0.3, -0.25) is 19.2 Å². The molecule has 0 spiro atoms. The summed E-state index contributed by atoms with van der Waals surface area (Å²) in [6.07, 6.45) is 0.365. The summed E-state index contributed by atoms with van der Waals surface area (Å²) in [5.74, 6) is -7.78. The van der Waals surface area contributed by atoms with Crippen molar-refractivity contribution in [2.45, 2.75) is 127 Å². The van der Waals surface area contributed by atoms with Crippen LogP contribution in [-0.2, 0) is 14.4 Å². The third-order valence-electron chi connectivity index (χ3n) is 11.7. The summed E-state index contributed by atoms with van der Waals surface area (Å²) in [7, 11) is 0. The number of aromatic hydroxyl groups is 1. The molecule has 0 saturated heterocycles. The van der Waals surface area contributed by atoms with Crippen molar-refractivity contribution in [1.29, 1.82) is 0 Å². The van der Waals surface area contributed by atoms with E-state index >= 15 is 0 Å². The monoisotopic (exact) mass is 652 g/mol. The minimum absolute atomic E-state index is 0.0370. The first-order valence-electron chi connectivity index (χ1n) is 16.8. The number of phenols is 1. The van der Waals surface area contributed by atoms with Crippen LogP contribution in [0, 0.1) is 39.4 Å². The Hall–Kier alpha value is -3.20. The molecule has 47 heavy (non-hydrogen) atoms. The molecule has 2 aliphatic heterocycles. The van der Waals surface area contributed by atoms with E-state index in [2.05, 4.69) is 0 Å². The summed E-state index contributed by atoms with van der Waals surface area (Å²) in [4.78, 5) is 55.9. The van der Waals surface area contributed by atoms with Gasteiger partial charge in [-0.15, -0.1) is 0 Å². The molecule has 4 aliphatic rings. The van der Waals surface area contributed by atoms with E-state index in [4.69, 9.17) is 9.47 Å². The predicted octanol–water partition coefficient (Wildman–Crippen LogP) is 6.96. The van der Waals surface area contributed by atoms with Gasteiger partial charge in [0, 0.05) is 45.8 Å². The van der Waals surface area contributed by atoms with Crippen LogP contribution < -0.4 is 9.47 Å². The Bertz CT molecular complexity index is 1670. The lowest BCUT2D eigenvalue weighted by Crippen LogP contribution is -2.58.